The Morgan fingerprint density at radius 3 is 2.78 bits per heavy atom. The van der Waals surface area contributed by atoms with Crippen LogP contribution in [-0.4, -0.2) is 32.1 Å². The molecule has 0 radical (unpaired) electrons. The summed E-state index contributed by atoms with van der Waals surface area (Å²) in [6.45, 7) is 4.43. The molecular weight excluding hydrogens is 286 g/mol. The van der Waals surface area contributed by atoms with E-state index in [0.717, 1.165) is 38.3 Å². The molecule has 1 aromatic rings. The zero-order valence-corrected chi connectivity index (χ0v) is 14.0. The smallest absolute Gasteiger partial charge is 0.224 e. The third-order valence-corrected chi connectivity index (χ3v) is 5.04. The first-order valence-electron chi connectivity index (χ1n) is 9.17. The van der Waals surface area contributed by atoms with Crippen molar-refractivity contribution in [3.63, 3.8) is 0 Å². The molecule has 3 rings (SSSR count). The molecule has 2 saturated heterocycles. The van der Waals surface area contributed by atoms with E-state index in [1.807, 2.05) is 6.07 Å². The van der Waals surface area contributed by atoms with Crippen molar-refractivity contribution in [2.75, 3.05) is 36.4 Å². The molecule has 1 amide bonds. The van der Waals surface area contributed by atoms with Crippen LogP contribution in [0.1, 0.15) is 44.9 Å². The fourth-order valence-electron chi connectivity index (χ4n) is 3.63. The molecule has 4 nitrogen and oxygen atoms in total. The first-order chi connectivity index (χ1) is 11.3. The lowest BCUT2D eigenvalue weighted by molar-refractivity contribution is -0.116. The van der Waals surface area contributed by atoms with Gasteiger partial charge in [-0.3, -0.25) is 4.79 Å². The predicted molar refractivity (Wildman–Crippen MR) is 96.0 cm³/mol. The molecular formula is C19H29N3O. The quantitative estimate of drug-likeness (QED) is 0.875. The molecule has 2 heterocycles. The van der Waals surface area contributed by atoms with Gasteiger partial charge in [-0.1, -0.05) is 18.9 Å². The topological polar surface area (TPSA) is 44.4 Å². The third kappa shape index (κ3) is 4.96. The van der Waals surface area contributed by atoms with Gasteiger partial charge in [0.25, 0.3) is 0 Å². The summed E-state index contributed by atoms with van der Waals surface area (Å²) in [5.74, 6) is 0.814. The second kappa shape index (κ2) is 8.34. The van der Waals surface area contributed by atoms with Gasteiger partial charge in [-0.2, -0.15) is 0 Å². The predicted octanol–water partition coefficient (Wildman–Crippen LogP) is 3.40. The Balaban J connectivity index is 1.52. The maximum atomic E-state index is 12.2. The molecule has 126 valence electrons. The number of hydrogen-bond donors (Lipinski definition) is 2. The Bertz CT molecular complexity index is 503. The van der Waals surface area contributed by atoms with Gasteiger partial charge in [0.15, 0.2) is 0 Å². The van der Waals surface area contributed by atoms with E-state index < -0.39 is 0 Å². The second-order valence-corrected chi connectivity index (χ2v) is 6.90. The van der Waals surface area contributed by atoms with Crippen LogP contribution in [0, 0.1) is 5.92 Å². The SMILES string of the molecule is O=C(CCC1CCNC1)Nc1cccc(N2CCCCCC2)c1. The Hall–Kier alpha value is -1.55. The van der Waals surface area contributed by atoms with E-state index >= 15 is 0 Å². The molecule has 2 fully saturated rings. The number of rotatable bonds is 5. The molecule has 23 heavy (non-hydrogen) atoms. The third-order valence-electron chi connectivity index (χ3n) is 5.04. The van der Waals surface area contributed by atoms with Crippen molar-refractivity contribution in [3.05, 3.63) is 24.3 Å². The molecule has 1 aromatic carbocycles. The van der Waals surface area contributed by atoms with Crippen molar-refractivity contribution in [1.29, 1.82) is 0 Å². The lowest BCUT2D eigenvalue weighted by Crippen LogP contribution is -2.24. The lowest BCUT2D eigenvalue weighted by atomic mass is 10.0. The highest BCUT2D eigenvalue weighted by Crippen LogP contribution is 2.23. The van der Waals surface area contributed by atoms with E-state index in [4.69, 9.17) is 0 Å². The van der Waals surface area contributed by atoms with Crippen LogP contribution in [-0.2, 0) is 4.79 Å². The number of nitrogens with zero attached hydrogens (tertiary/aromatic N) is 1. The minimum absolute atomic E-state index is 0.143. The maximum Gasteiger partial charge on any atom is 0.224 e. The van der Waals surface area contributed by atoms with Crippen molar-refractivity contribution in [3.8, 4) is 0 Å². The molecule has 0 bridgehead atoms. The van der Waals surface area contributed by atoms with Crippen LogP contribution in [0.25, 0.3) is 0 Å². The van der Waals surface area contributed by atoms with Gasteiger partial charge in [0, 0.05) is 30.9 Å². The molecule has 0 aromatic heterocycles. The van der Waals surface area contributed by atoms with Crippen molar-refractivity contribution < 1.29 is 4.79 Å². The lowest BCUT2D eigenvalue weighted by Gasteiger charge is -2.23. The number of benzene rings is 1. The highest BCUT2D eigenvalue weighted by atomic mass is 16.1. The molecule has 2 aliphatic heterocycles. The van der Waals surface area contributed by atoms with Crippen LogP contribution in [0.2, 0.25) is 0 Å². The van der Waals surface area contributed by atoms with Gasteiger partial charge in [0.05, 0.1) is 0 Å². The Kier molecular flexibility index (Phi) is 5.92. The van der Waals surface area contributed by atoms with Crippen LogP contribution < -0.4 is 15.5 Å². The normalized spacial score (nSPS) is 21.9. The highest BCUT2D eigenvalue weighted by Gasteiger charge is 2.16. The van der Waals surface area contributed by atoms with E-state index in [0.29, 0.717) is 12.3 Å². The molecule has 2 aliphatic rings. The summed E-state index contributed by atoms with van der Waals surface area (Å²) >= 11 is 0. The van der Waals surface area contributed by atoms with Crippen molar-refractivity contribution >= 4 is 17.3 Å². The fourth-order valence-corrected chi connectivity index (χ4v) is 3.63. The minimum atomic E-state index is 0.143. The average molecular weight is 315 g/mol. The Labute approximate surface area is 139 Å². The molecule has 1 atom stereocenters. The van der Waals surface area contributed by atoms with Gasteiger partial charge in [-0.25, -0.2) is 0 Å². The highest BCUT2D eigenvalue weighted by molar-refractivity contribution is 5.91. The van der Waals surface area contributed by atoms with Crippen molar-refractivity contribution in [2.24, 2.45) is 5.92 Å². The molecule has 0 saturated carbocycles. The summed E-state index contributed by atoms with van der Waals surface area (Å²) in [4.78, 5) is 14.6. The van der Waals surface area contributed by atoms with E-state index in [9.17, 15) is 4.79 Å². The van der Waals surface area contributed by atoms with Gasteiger partial charge < -0.3 is 15.5 Å². The Morgan fingerprint density at radius 2 is 2.04 bits per heavy atom. The van der Waals surface area contributed by atoms with Gasteiger partial charge >= 0.3 is 0 Å². The first-order valence-corrected chi connectivity index (χ1v) is 9.17. The molecule has 1 unspecified atom stereocenters. The van der Waals surface area contributed by atoms with Gasteiger partial charge in [0.1, 0.15) is 0 Å². The number of nitrogens with one attached hydrogen (secondary N) is 2. The van der Waals surface area contributed by atoms with Crippen LogP contribution >= 0.6 is 0 Å². The summed E-state index contributed by atoms with van der Waals surface area (Å²) < 4.78 is 0. The first kappa shape index (κ1) is 16.3. The second-order valence-electron chi connectivity index (χ2n) is 6.90. The van der Waals surface area contributed by atoms with Crippen LogP contribution in [0.5, 0.6) is 0 Å². The van der Waals surface area contributed by atoms with E-state index in [1.54, 1.807) is 0 Å². The van der Waals surface area contributed by atoms with Gasteiger partial charge in [-0.05, 0) is 62.9 Å². The molecule has 0 aliphatic carbocycles. The van der Waals surface area contributed by atoms with Crippen LogP contribution in [0.15, 0.2) is 24.3 Å². The summed E-state index contributed by atoms with van der Waals surface area (Å²) in [5, 5.41) is 6.43. The fraction of sp³-hybridized carbons (Fsp3) is 0.632. The summed E-state index contributed by atoms with van der Waals surface area (Å²) in [6.07, 6.45) is 8.03. The summed E-state index contributed by atoms with van der Waals surface area (Å²) in [6, 6.07) is 8.33. The minimum Gasteiger partial charge on any atom is -0.371 e. The van der Waals surface area contributed by atoms with Gasteiger partial charge in [-0.15, -0.1) is 0 Å². The zero-order valence-electron chi connectivity index (χ0n) is 14.0. The number of carbonyl (C=O) groups excluding carboxylic acids is 1. The molecule has 2 N–H and O–H groups in total. The monoisotopic (exact) mass is 315 g/mol. The van der Waals surface area contributed by atoms with Gasteiger partial charge in [0.2, 0.25) is 5.91 Å². The number of carbonyl (C=O) groups is 1. The van der Waals surface area contributed by atoms with Crippen LogP contribution in [0.4, 0.5) is 11.4 Å². The van der Waals surface area contributed by atoms with E-state index in [1.165, 1.54) is 37.8 Å². The largest absolute Gasteiger partial charge is 0.371 e. The molecule has 4 heteroatoms. The zero-order chi connectivity index (χ0) is 15.9. The van der Waals surface area contributed by atoms with Crippen molar-refractivity contribution in [2.45, 2.75) is 44.9 Å². The maximum absolute atomic E-state index is 12.2. The number of anilines is 2. The summed E-state index contributed by atoms with van der Waals surface area (Å²) in [5.41, 5.74) is 2.17. The number of amides is 1. The average Bonchev–Trinajstić information content (AvgIpc) is 2.93. The van der Waals surface area contributed by atoms with E-state index in [2.05, 4.69) is 33.7 Å². The summed E-state index contributed by atoms with van der Waals surface area (Å²) in [7, 11) is 0. The standard InChI is InChI=1S/C19H29N3O/c23-19(9-8-16-10-11-20-15-16)21-17-6-5-7-18(14-17)22-12-3-1-2-4-13-22/h5-7,14,16,20H,1-4,8-13,15H2,(H,21,23). The Morgan fingerprint density at radius 1 is 1.22 bits per heavy atom. The van der Waals surface area contributed by atoms with E-state index in [-0.39, 0.29) is 5.91 Å². The van der Waals surface area contributed by atoms with Crippen molar-refractivity contribution in [1.82, 2.24) is 5.32 Å². The molecule has 0 spiro atoms. The number of hydrogen-bond acceptors (Lipinski definition) is 3. The van der Waals surface area contributed by atoms with Crippen LogP contribution in [0.3, 0.4) is 0 Å².